The SMILES string of the molecule is FC(F)(F)c1ccc(N/N=C\c2ccc(N3CCCCC3)s2)nc1. The lowest BCUT2D eigenvalue weighted by Crippen LogP contribution is -2.28. The number of alkyl halides is 3. The summed E-state index contributed by atoms with van der Waals surface area (Å²) in [6, 6.07) is 6.30. The summed E-state index contributed by atoms with van der Waals surface area (Å²) in [5, 5.41) is 5.26. The van der Waals surface area contributed by atoms with E-state index in [2.05, 4.69) is 26.5 Å². The molecular formula is C16H17F3N4S. The highest BCUT2D eigenvalue weighted by molar-refractivity contribution is 7.17. The molecule has 1 saturated heterocycles. The molecule has 0 amide bonds. The number of hydrazone groups is 1. The average molecular weight is 354 g/mol. The first-order chi connectivity index (χ1) is 11.5. The van der Waals surface area contributed by atoms with Gasteiger partial charge in [-0.05, 0) is 43.5 Å². The van der Waals surface area contributed by atoms with Gasteiger partial charge in [-0.1, -0.05) is 0 Å². The molecule has 3 heterocycles. The molecule has 8 heteroatoms. The molecule has 1 aliphatic rings. The molecule has 128 valence electrons. The second-order valence-electron chi connectivity index (χ2n) is 5.52. The third-order valence-corrected chi connectivity index (χ3v) is 4.82. The standard InChI is InChI=1S/C16H17F3N4S/c17-16(18,19)12-4-6-14(20-10-12)22-21-11-13-5-7-15(24-13)23-8-2-1-3-9-23/h4-7,10-11H,1-3,8-9H2,(H,20,22)/b21-11-. The number of rotatable bonds is 4. The number of piperidine rings is 1. The zero-order valence-electron chi connectivity index (χ0n) is 12.9. The predicted octanol–water partition coefficient (Wildman–Crippen LogP) is 4.60. The minimum absolute atomic E-state index is 0.270. The fraction of sp³-hybridized carbons (Fsp3) is 0.375. The van der Waals surface area contributed by atoms with Crippen LogP contribution in [0.1, 0.15) is 29.7 Å². The lowest BCUT2D eigenvalue weighted by Gasteiger charge is -2.27. The fourth-order valence-electron chi connectivity index (χ4n) is 2.49. The van der Waals surface area contributed by atoms with Gasteiger partial charge in [-0.2, -0.15) is 18.3 Å². The number of halogens is 3. The Hall–Kier alpha value is -2.09. The van der Waals surface area contributed by atoms with Gasteiger partial charge >= 0.3 is 6.18 Å². The predicted molar refractivity (Wildman–Crippen MR) is 90.8 cm³/mol. The largest absolute Gasteiger partial charge is 0.417 e. The van der Waals surface area contributed by atoms with Crippen molar-refractivity contribution in [3.63, 3.8) is 0 Å². The van der Waals surface area contributed by atoms with Crippen LogP contribution in [0.25, 0.3) is 0 Å². The van der Waals surface area contributed by atoms with Crippen molar-refractivity contribution in [1.82, 2.24) is 4.98 Å². The summed E-state index contributed by atoms with van der Waals surface area (Å²) in [5.74, 6) is 0.270. The van der Waals surface area contributed by atoms with E-state index in [9.17, 15) is 13.2 Å². The van der Waals surface area contributed by atoms with Crippen LogP contribution < -0.4 is 10.3 Å². The van der Waals surface area contributed by atoms with Crippen LogP contribution in [0, 0.1) is 0 Å². The Morgan fingerprint density at radius 3 is 2.58 bits per heavy atom. The number of nitrogens with one attached hydrogen (secondary N) is 1. The zero-order valence-corrected chi connectivity index (χ0v) is 13.7. The van der Waals surface area contributed by atoms with E-state index >= 15 is 0 Å². The maximum atomic E-state index is 12.5. The van der Waals surface area contributed by atoms with Crippen molar-refractivity contribution < 1.29 is 13.2 Å². The summed E-state index contributed by atoms with van der Waals surface area (Å²) in [7, 11) is 0. The highest BCUT2D eigenvalue weighted by Crippen LogP contribution is 2.29. The molecule has 0 aliphatic carbocycles. The zero-order chi connectivity index (χ0) is 17.0. The highest BCUT2D eigenvalue weighted by Gasteiger charge is 2.30. The molecule has 0 bridgehead atoms. The Morgan fingerprint density at radius 1 is 1.12 bits per heavy atom. The van der Waals surface area contributed by atoms with Gasteiger partial charge in [-0.25, -0.2) is 4.98 Å². The van der Waals surface area contributed by atoms with E-state index in [4.69, 9.17) is 0 Å². The van der Waals surface area contributed by atoms with Crippen LogP contribution in [0.2, 0.25) is 0 Å². The number of nitrogens with zero attached hydrogens (tertiary/aromatic N) is 3. The molecule has 0 radical (unpaired) electrons. The summed E-state index contributed by atoms with van der Waals surface area (Å²) in [4.78, 5) is 7.06. The lowest BCUT2D eigenvalue weighted by atomic mass is 10.1. The number of aromatic nitrogens is 1. The van der Waals surface area contributed by atoms with Crippen LogP contribution in [0.5, 0.6) is 0 Å². The second kappa shape index (κ2) is 7.21. The third-order valence-electron chi connectivity index (χ3n) is 3.74. The average Bonchev–Trinajstić information content (AvgIpc) is 3.04. The van der Waals surface area contributed by atoms with Gasteiger partial charge in [-0.3, -0.25) is 5.43 Å². The maximum Gasteiger partial charge on any atom is 0.417 e. The lowest BCUT2D eigenvalue weighted by molar-refractivity contribution is -0.137. The molecule has 0 aromatic carbocycles. The fourth-order valence-corrected chi connectivity index (χ4v) is 3.42. The minimum atomic E-state index is -4.38. The molecule has 2 aromatic rings. The monoisotopic (exact) mass is 354 g/mol. The van der Waals surface area contributed by atoms with E-state index in [1.165, 1.54) is 30.3 Å². The van der Waals surface area contributed by atoms with Crippen LogP contribution >= 0.6 is 11.3 Å². The van der Waals surface area contributed by atoms with Gasteiger partial charge in [0.2, 0.25) is 0 Å². The second-order valence-corrected chi connectivity index (χ2v) is 6.62. The van der Waals surface area contributed by atoms with Crippen LogP contribution in [0.3, 0.4) is 0 Å². The molecule has 0 atom stereocenters. The summed E-state index contributed by atoms with van der Waals surface area (Å²) < 4.78 is 37.4. The highest BCUT2D eigenvalue weighted by atomic mass is 32.1. The molecule has 0 spiro atoms. The molecule has 0 unspecified atom stereocenters. The summed E-state index contributed by atoms with van der Waals surface area (Å²) in [6.07, 6.45) is 1.80. The Labute approximate surface area is 142 Å². The van der Waals surface area contributed by atoms with Gasteiger partial charge in [0, 0.05) is 24.2 Å². The van der Waals surface area contributed by atoms with Crippen molar-refractivity contribution >= 4 is 28.4 Å². The Kier molecular flexibility index (Phi) is 5.03. The van der Waals surface area contributed by atoms with Crippen LogP contribution in [0.4, 0.5) is 24.0 Å². The van der Waals surface area contributed by atoms with E-state index in [1.807, 2.05) is 6.07 Å². The first-order valence-corrected chi connectivity index (χ1v) is 8.51. The van der Waals surface area contributed by atoms with E-state index < -0.39 is 11.7 Å². The topological polar surface area (TPSA) is 40.5 Å². The number of hydrogen-bond acceptors (Lipinski definition) is 5. The molecule has 1 fully saturated rings. The third kappa shape index (κ3) is 4.25. The number of anilines is 2. The van der Waals surface area contributed by atoms with Gasteiger partial charge < -0.3 is 4.90 Å². The van der Waals surface area contributed by atoms with Crippen molar-refractivity contribution in [3.05, 3.63) is 40.9 Å². The molecular weight excluding hydrogens is 337 g/mol. The van der Waals surface area contributed by atoms with E-state index in [1.54, 1.807) is 17.6 Å². The van der Waals surface area contributed by atoms with Crippen molar-refractivity contribution in [1.29, 1.82) is 0 Å². The van der Waals surface area contributed by atoms with Crippen molar-refractivity contribution in [2.75, 3.05) is 23.4 Å². The van der Waals surface area contributed by atoms with Crippen LogP contribution in [-0.4, -0.2) is 24.3 Å². The Bertz CT molecular complexity index is 688. The number of hydrogen-bond donors (Lipinski definition) is 1. The molecule has 2 aromatic heterocycles. The first-order valence-electron chi connectivity index (χ1n) is 7.69. The van der Waals surface area contributed by atoms with E-state index in [-0.39, 0.29) is 5.82 Å². The van der Waals surface area contributed by atoms with Crippen molar-refractivity contribution in [2.24, 2.45) is 5.10 Å². The summed E-state index contributed by atoms with van der Waals surface area (Å²) in [6.45, 7) is 2.18. The molecule has 1 N–H and O–H groups in total. The molecule has 0 saturated carbocycles. The molecule has 4 nitrogen and oxygen atoms in total. The number of pyridine rings is 1. The summed E-state index contributed by atoms with van der Waals surface area (Å²) in [5.41, 5.74) is 1.87. The van der Waals surface area contributed by atoms with Gasteiger partial charge in [0.1, 0.15) is 5.82 Å². The smallest absolute Gasteiger partial charge is 0.363 e. The Morgan fingerprint density at radius 2 is 1.92 bits per heavy atom. The Balaban J connectivity index is 1.57. The van der Waals surface area contributed by atoms with Crippen molar-refractivity contribution in [2.45, 2.75) is 25.4 Å². The maximum absolute atomic E-state index is 12.5. The molecule has 3 rings (SSSR count). The summed E-state index contributed by atoms with van der Waals surface area (Å²) >= 11 is 1.65. The van der Waals surface area contributed by atoms with E-state index in [0.717, 1.165) is 30.2 Å². The van der Waals surface area contributed by atoms with Crippen LogP contribution in [0.15, 0.2) is 35.6 Å². The van der Waals surface area contributed by atoms with Gasteiger partial charge in [-0.15, -0.1) is 11.3 Å². The molecule has 1 aliphatic heterocycles. The van der Waals surface area contributed by atoms with Gasteiger partial charge in [0.25, 0.3) is 0 Å². The van der Waals surface area contributed by atoms with Gasteiger partial charge in [0.05, 0.1) is 16.8 Å². The molecule has 24 heavy (non-hydrogen) atoms. The van der Waals surface area contributed by atoms with E-state index in [0.29, 0.717) is 0 Å². The van der Waals surface area contributed by atoms with Crippen molar-refractivity contribution in [3.8, 4) is 0 Å². The normalized spacial score (nSPS) is 15.9. The van der Waals surface area contributed by atoms with Gasteiger partial charge in [0.15, 0.2) is 0 Å². The quantitative estimate of drug-likeness (QED) is 0.644. The number of thiophene rings is 1. The van der Waals surface area contributed by atoms with Crippen LogP contribution in [-0.2, 0) is 6.18 Å². The minimum Gasteiger partial charge on any atom is -0.363 e. The first kappa shape index (κ1) is 16.8.